The Morgan fingerprint density at radius 1 is 1.07 bits per heavy atom. The van der Waals surface area contributed by atoms with Crippen LogP contribution in [0.4, 0.5) is 0 Å². The van der Waals surface area contributed by atoms with Gasteiger partial charge in [-0.1, -0.05) is 0 Å². The van der Waals surface area contributed by atoms with Gasteiger partial charge in [-0.15, -0.1) is 0 Å². The molecule has 0 radical (unpaired) electrons. The van der Waals surface area contributed by atoms with Crippen LogP contribution in [-0.4, -0.2) is 52.0 Å². The lowest BCUT2D eigenvalue weighted by molar-refractivity contribution is 0.396. The topological polar surface area (TPSA) is 16.3 Å². The normalized spacial score (nSPS) is 21.4. The molecule has 2 rings (SSSR count). The molecule has 0 amide bonds. The van der Waals surface area contributed by atoms with Gasteiger partial charge in [0.1, 0.15) is 0 Å². The molecule has 1 aliphatic heterocycles. The third kappa shape index (κ3) is 1.66. The van der Waals surface area contributed by atoms with Crippen molar-refractivity contribution in [3.05, 3.63) is 0 Å². The van der Waals surface area contributed by atoms with Crippen molar-refractivity contribution in [3.8, 4) is 0 Å². The van der Waals surface area contributed by atoms with Gasteiger partial charge < -0.3 is 9.62 Å². The van der Waals surface area contributed by atoms with Crippen molar-refractivity contribution in [1.82, 2.24) is 17.7 Å². The number of nitrogens with zero attached hydrogens (tertiary/aromatic N) is 4. The molecule has 0 aromatic carbocycles. The fourth-order valence-corrected chi connectivity index (χ4v) is 2.94. The van der Waals surface area contributed by atoms with Crippen LogP contribution in [0.1, 0.15) is 20.8 Å². The molecule has 0 spiro atoms. The fraction of sp³-hybridized carbons (Fsp3) is 1.00. The summed E-state index contributed by atoms with van der Waals surface area (Å²) < 4.78 is 4.70. The molecule has 0 saturated carbocycles. The van der Waals surface area contributed by atoms with Crippen molar-refractivity contribution >= 4 is 18.8 Å². The van der Waals surface area contributed by atoms with Crippen LogP contribution in [0.2, 0.25) is 0 Å². The molecule has 80 valence electrons. The highest BCUT2D eigenvalue weighted by Gasteiger charge is 2.41. The minimum Gasteiger partial charge on any atom is -0.308 e. The maximum atomic E-state index is 2.39. The van der Waals surface area contributed by atoms with Crippen molar-refractivity contribution in [2.45, 2.75) is 26.3 Å². The van der Waals surface area contributed by atoms with Gasteiger partial charge in [0.2, 0.25) is 0 Å². The van der Waals surface area contributed by atoms with Gasteiger partial charge in [-0.25, -0.2) is 8.05 Å². The molecule has 0 aliphatic carbocycles. The molecule has 1 aliphatic rings. The highest BCUT2D eigenvalue weighted by molar-refractivity contribution is 7.09. The van der Waals surface area contributed by atoms with E-state index < -0.39 is 0 Å². The van der Waals surface area contributed by atoms with Crippen LogP contribution in [-0.2, 0) is 5.54 Å². The van der Waals surface area contributed by atoms with Crippen LogP contribution in [0, 0.1) is 0 Å². The lowest BCUT2D eigenvalue weighted by atomic mass is 9.94. The predicted molar refractivity (Wildman–Crippen MR) is 61.7 cm³/mol. The first-order chi connectivity index (χ1) is 6.41. The Balaban J connectivity index is 2.13. The van der Waals surface area contributed by atoms with Gasteiger partial charge in [0, 0.05) is 24.8 Å². The number of hydrogen-bond donors (Lipinski definition) is 0. The summed E-state index contributed by atoms with van der Waals surface area (Å²) in [5, 5.41) is 0. The lowest BCUT2D eigenvalue weighted by Gasteiger charge is -2.19. The largest absolute Gasteiger partial charge is 0.470 e. The molecule has 1 saturated heterocycles. The SMILES string of the molecule is CN1CCN(C)B1n1sn1C(C)(C)C. The van der Waals surface area contributed by atoms with Gasteiger partial charge in [-0.2, -0.15) is 0 Å². The molecule has 2 heterocycles. The highest BCUT2D eigenvalue weighted by atomic mass is 32.1. The van der Waals surface area contributed by atoms with Crippen molar-refractivity contribution in [2.24, 2.45) is 0 Å². The van der Waals surface area contributed by atoms with E-state index in [-0.39, 0.29) is 5.54 Å². The van der Waals surface area contributed by atoms with Gasteiger partial charge in [-0.3, -0.25) is 0 Å². The van der Waals surface area contributed by atoms with Crippen LogP contribution >= 0.6 is 11.7 Å². The number of rotatable bonds is 1. The minimum absolute atomic E-state index is 0.231. The smallest absolute Gasteiger partial charge is 0.308 e. The molecule has 0 N–H and O–H groups in total. The summed E-state index contributed by atoms with van der Waals surface area (Å²) >= 11 is 1.83. The van der Waals surface area contributed by atoms with E-state index in [0.717, 1.165) is 13.1 Å². The van der Waals surface area contributed by atoms with E-state index in [1.54, 1.807) is 0 Å². The first-order valence-electron chi connectivity index (χ1n) is 5.09. The Bertz CT molecular complexity index is 298. The second-order valence-corrected chi connectivity index (χ2v) is 6.02. The van der Waals surface area contributed by atoms with Crippen LogP contribution < -0.4 is 0 Å². The van der Waals surface area contributed by atoms with Crippen LogP contribution in [0.5, 0.6) is 0 Å². The Hall–Kier alpha value is -0.195. The van der Waals surface area contributed by atoms with Gasteiger partial charge >= 0.3 is 7.12 Å². The summed E-state index contributed by atoms with van der Waals surface area (Å²) in [5.41, 5.74) is 0.231. The molecule has 1 fully saturated rings. The first kappa shape index (κ1) is 10.3. The molecule has 4 nitrogen and oxygen atoms in total. The van der Waals surface area contributed by atoms with Crippen molar-refractivity contribution in [2.75, 3.05) is 27.2 Å². The lowest BCUT2D eigenvalue weighted by Crippen LogP contribution is -2.45. The maximum Gasteiger partial charge on any atom is 0.470 e. The average molecular weight is 214 g/mol. The third-order valence-electron chi connectivity index (χ3n) is 2.68. The summed E-state index contributed by atoms with van der Waals surface area (Å²) in [4.78, 5) is 4.78. The van der Waals surface area contributed by atoms with E-state index in [9.17, 15) is 0 Å². The summed E-state index contributed by atoms with van der Waals surface area (Å²) in [6, 6.07) is 0. The molecule has 0 atom stereocenters. The van der Waals surface area contributed by atoms with E-state index in [0.29, 0.717) is 7.12 Å². The first-order valence-corrected chi connectivity index (χ1v) is 5.82. The van der Waals surface area contributed by atoms with Crippen LogP contribution in [0.15, 0.2) is 0 Å². The average Bonchev–Trinajstić information content (AvgIpc) is 2.75. The summed E-state index contributed by atoms with van der Waals surface area (Å²) in [7, 11) is 4.82. The van der Waals surface area contributed by atoms with E-state index in [2.05, 4.69) is 52.5 Å². The maximum absolute atomic E-state index is 2.39. The molecule has 1 aromatic rings. The van der Waals surface area contributed by atoms with Gasteiger partial charge in [0.15, 0.2) is 0 Å². The van der Waals surface area contributed by atoms with E-state index in [1.807, 2.05) is 11.7 Å². The predicted octanol–water partition coefficient (Wildman–Crippen LogP) is 0.816. The van der Waals surface area contributed by atoms with E-state index >= 15 is 0 Å². The molecular weight excluding hydrogens is 195 g/mol. The summed E-state index contributed by atoms with van der Waals surface area (Å²) in [5.74, 6) is 0. The molecular formula is C8H19BN4S. The molecule has 0 unspecified atom stereocenters. The Morgan fingerprint density at radius 3 is 1.93 bits per heavy atom. The monoisotopic (exact) mass is 214 g/mol. The third-order valence-corrected chi connectivity index (χ3v) is 3.93. The minimum atomic E-state index is 0.231. The second kappa shape index (κ2) is 3.15. The Morgan fingerprint density at radius 2 is 1.57 bits per heavy atom. The second-order valence-electron chi connectivity index (χ2n) is 5.14. The Kier molecular flexibility index (Phi) is 2.32. The fourth-order valence-electron chi connectivity index (χ4n) is 1.84. The van der Waals surface area contributed by atoms with E-state index in [1.165, 1.54) is 0 Å². The quantitative estimate of drug-likeness (QED) is 0.643. The van der Waals surface area contributed by atoms with Gasteiger partial charge in [0.05, 0.1) is 5.54 Å². The Labute approximate surface area is 90.5 Å². The van der Waals surface area contributed by atoms with Gasteiger partial charge in [0.25, 0.3) is 0 Å². The van der Waals surface area contributed by atoms with Gasteiger partial charge in [-0.05, 0) is 34.9 Å². The molecule has 6 heteroatoms. The summed E-state index contributed by atoms with van der Waals surface area (Å²) in [6.07, 6.45) is 0. The molecule has 0 bridgehead atoms. The zero-order valence-electron chi connectivity index (χ0n) is 9.69. The number of hydrogen-bond acceptors (Lipinski definition) is 3. The number of likely N-dealkylation sites (N-methyl/N-ethyl adjacent to an activating group) is 2. The van der Waals surface area contributed by atoms with Crippen molar-refractivity contribution in [3.63, 3.8) is 0 Å². The standard InChI is InChI=1S/C8H19BN4S/c1-8(2,3)12-13(14-12)9-10(4)6-7-11(9)5/h6-7H2,1-5H3. The van der Waals surface area contributed by atoms with Crippen LogP contribution in [0.3, 0.4) is 0 Å². The van der Waals surface area contributed by atoms with Crippen molar-refractivity contribution in [1.29, 1.82) is 0 Å². The number of aromatic nitrogens is 2. The van der Waals surface area contributed by atoms with E-state index in [4.69, 9.17) is 0 Å². The zero-order valence-corrected chi connectivity index (χ0v) is 10.5. The highest BCUT2D eigenvalue weighted by Crippen LogP contribution is 2.26. The van der Waals surface area contributed by atoms with Crippen molar-refractivity contribution < 1.29 is 0 Å². The molecule has 1 aromatic heterocycles. The van der Waals surface area contributed by atoms with Crippen LogP contribution in [0.25, 0.3) is 0 Å². The molecule has 14 heavy (non-hydrogen) atoms. The summed E-state index contributed by atoms with van der Waals surface area (Å²) in [6.45, 7) is 9.06. The zero-order chi connectivity index (χ0) is 10.5.